The Morgan fingerprint density at radius 3 is 2.15 bits per heavy atom. The monoisotopic (exact) mass is 361 g/mol. The largest absolute Gasteiger partial charge is 0.416 e. The van der Waals surface area contributed by atoms with Crippen molar-refractivity contribution in [2.45, 2.75) is 57.5 Å². The predicted molar refractivity (Wildman–Crippen MR) is 98.3 cm³/mol. The van der Waals surface area contributed by atoms with Gasteiger partial charge < -0.3 is 0 Å². The topological polar surface area (TPSA) is 23.8 Å². The summed E-state index contributed by atoms with van der Waals surface area (Å²) in [6.45, 7) is 0. The number of hydrogen-bond acceptors (Lipinski definition) is 1. The number of nitriles is 1. The van der Waals surface area contributed by atoms with Crippen molar-refractivity contribution in [1.29, 1.82) is 5.26 Å². The molecule has 0 N–H and O–H groups in total. The fourth-order valence-electron chi connectivity index (χ4n) is 3.65. The lowest BCUT2D eigenvalue weighted by Gasteiger charge is -2.28. The Morgan fingerprint density at radius 1 is 0.962 bits per heavy atom. The molecule has 1 nitrogen and oxygen atoms in total. The number of nitrogens with zero attached hydrogens (tertiary/aromatic N) is 1. The number of benzene rings is 1. The zero-order valence-corrected chi connectivity index (χ0v) is 15.0. The van der Waals surface area contributed by atoms with Gasteiger partial charge in [-0.15, -0.1) is 0 Å². The third-order valence-corrected chi connectivity index (χ3v) is 5.25. The van der Waals surface area contributed by atoms with Crippen LogP contribution in [0.5, 0.6) is 0 Å². The molecule has 1 saturated carbocycles. The second kappa shape index (κ2) is 10.2. The van der Waals surface area contributed by atoms with Gasteiger partial charge in [0.2, 0.25) is 0 Å². The molecule has 0 aliphatic heterocycles. The van der Waals surface area contributed by atoms with E-state index in [1.807, 2.05) is 12.1 Å². The highest BCUT2D eigenvalue weighted by Crippen LogP contribution is 2.34. The van der Waals surface area contributed by atoms with Gasteiger partial charge in [0.05, 0.1) is 11.6 Å². The highest BCUT2D eigenvalue weighted by atomic mass is 19.4. The van der Waals surface area contributed by atoms with Gasteiger partial charge in [-0.3, -0.25) is 0 Å². The molecule has 1 aromatic rings. The summed E-state index contributed by atoms with van der Waals surface area (Å²) in [5.74, 6) is 1.48. The quantitative estimate of drug-likeness (QED) is 0.384. The Bertz CT molecular complexity index is 627. The minimum Gasteiger partial charge on any atom is -0.193 e. The van der Waals surface area contributed by atoms with Crippen molar-refractivity contribution >= 4 is 0 Å². The van der Waals surface area contributed by atoms with Crippen LogP contribution >= 0.6 is 0 Å². The van der Waals surface area contributed by atoms with E-state index in [-0.39, 0.29) is 0 Å². The minimum absolute atomic E-state index is 0.570. The molecule has 0 unspecified atom stereocenters. The van der Waals surface area contributed by atoms with E-state index in [4.69, 9.17) is 5.26 Å². The van der Waals surface area contributed by atoms with Crippen LogP contribution in [0.3, 0.4) is 0 Å². The SMILES string of the molecule is N#C/C=C/C=C/CCC1CCC(CCc2ccc(C(F)(F)F)cc2)CC1. The first-order chi connectivity index (χ1) is 12.5. The zero-order valence-electron chi connectivity index (χ0n) is 15.0. The molecule has 1 aliphatic rings. The first-order valence-electron chi connectivity index (χ1n) is 9.36. The Kier molecular flexibility index (Phi) is 7.97. The zero-order chi connectivity index (χ0) is 18.8. The van der Waals surface area contributed by atoms with Crippen LogP contribution in [0.1, 0.15) is 56.1 Å². The normalized spacial score (nSPS) is 21.3. The summed E-state index contributed by atoms with van der Waals surface area (Å²) in [6, 6.07) is 7.56. The van der Waals surface area contributed by atoms with E-state index in [1.54, 1.807) is 18.2 Å². The van der Waals surface area contributed by atoms with Crippen molar-refractivity contribution in [2.75, 3.05) is 0 Å². The van der Waals surface area contributed by atoms with E-state index < -0.39 is 11.7 Å². The summed E-state index contributed by atoms with van der Waals surface area (Å²) in [6.07, 6.45) is 12.2. The molecule has 26 heavy (non-hydrogen) atoms. The maximum Gasteiger partial charge on any atom is 0.416 e. The molecule has 1 aromatic carbocycles. The van der Waals surface area contributed by atoms with E-state index >= 15 is 0 Å². The molecule has 140 valence electrons. The van der Waals surface area contributed by atoms with Crippen LogP contribution in [0.15, 0.2) is 48.6 Å². The molecular formula is C22H26F3N. The summed E-state index contributed by atoms with van der Waals surface area (Å²) >= 11 is 0. The molecule has 0 atom stereocenters. The van der Waals surface area contributed by atoms with Gasteiger partial charge in [0.25, 0.3) is 0 Å². The lowest BCUT2D eigenvalue weighted by molar-refractivity contribution is -0.137. The van der Waals surface area contributed by atoms with Gasteiger partial charge in [0.15, 0.2) is 0 Å². The first kappa shape index (κ1) is 20.3. The first-order valence-corrected chi connectivity index (χ1v) is 9.36. The summed E-state index contributed by atoms with van der Waals surface area (Å²) in [5.41, 5.74) is 0.426. The average molecular weight is 361 g/mol. The van der Waals surface area contributed by atoms with E-state index in [9.17, 15) is 13.2 Å². The van der Waals surface area contributed by atoms with Crippen LogP contribution in [-0.2, 0) is 12.6 Å². The molecule has 0 bridgehead atoms. The van der Waals surface area contributed by atoms with Gasteiger partial charge in [-0.25, -0.2) is 0 Å². The molecule has 0 aromatic heterocycles. The standard InChI is InChI=1S/C22H26F3N/c23-22(24,25)21-15-13-20(14-16-21)12-11-19-9-7-18(8-10-19)6-4-2-1-3-5-17-26/h1-3,5,13-16,18-19H,4,6-12H2/b2-1+,5-3+. The summed E-state index contributed by atoms with van der Waals surface area (Å²) < 4.78 is 37.7. The Balaban J connectivity index is 1.65. The van der Waals surface area contributed by atoms with E-state index in [0.29, 0.717) is 5.92 Å². The molecule has 2 rings (SSSR count). The van der Waals surface area contributed by atoms with Crippen LogP contribution in [0.25, 0.3) is 0 Å². The van der Waals surface area contributed by atoms with Crippen molar-refractivity contribution < 1.29 is 13.2 Å². The van der Waals surface area contributed by atoms with Crippen molar-refractivity contribution in [3.05, 3.63) is 59.7 Å². The molecule has 4 heteroatoms. The summed E-state index contributed by atoms with van der Waals surface area (Å²) in [7, 11) is 0. The molecule has 0 radical (unpaired) electrons. The van der Waals surface area contributed by atoms with Crippen LogP contribution in [0, 0.1) is 23.2 Å². The molecule has 1 fully saturated rings. The van der Waals surface area contributed by atoms with E-state index in [0.717, 1.165) is 30.7 Å². The second-order valence-electron chi connectivity index (χ2n) is 7.11. The smallest absolute Gasteiger partial charge is 0.193 e. The third-order valence-electron chi connectivity index (χ3n) is 5.25. The lowest BCUT2D eigenvalue weighted by atomic mass is 9.78. The average Bonchev–Trinajstić information content (AvgIpc) is 2.63. The number of allylic oxidation sites excluding steroid dienone is 4. The van der Waals surface area contributed by atoms with E-state index in [2.05, 4.69) is 6.08 Å². The van der Waals surface area contributed by atoms with Gasteiger partial charge in [-0.1, -0.05) is 56.0 Å². The van der Waals surface area contributed by atoms with Gasteiger partial charge in [-0.2, -0.15) is 18.4 Å². The number of rotatable bonds is 7. The van der Waals surface area contributed by atoms with Crippen molar-refractivity contribution in [3.63, 3.8) is 0 Å². The summed E-state index contributed by atoms with van der Waals surface area (Å²) in [5, 5.41) is 8.40. The number of aryl methyl sites for hydroxylation is 1. The van der Waals surface area contributed by atoms with Gasteiger partial charge in [0.1, 0.15) is 0 Å². The van der Waals surface area contributed by atoms with Crippen molar-refractivity contribution in [1.82, 2.24) is 0 Å². The van der Waals surface area contributed by atoms with Crippen LogP contribution in [0.4, 0.5) is 13.2 Å². The fraction of sp³-hybridized carbons (Fsp3) is 0.500. The van der Waals surface area contributed by atoms with Crippen molar-refractivity contribution in [3.8, 4) is 6.07 Å². The molecular weight excluding hydrogens is 335 g/mol. The number of alkyl halides is 3. The van der Waals surface area contributed by atoms with Gasteiger partial charge in [-0.05, 0) is 55.2 Å². The van der Waals surface area contributed by atoms with E-state index in [1.165, 1.54) is 50.3 Å². The Labute approximate surface area is 154 Å². The minimum atomic E-state index is -4.25. The Hall–Kier alpha value is -2.02. The van der Waals surface area contributed by atoms with Crippen molar-refractivity contribution in [2.24, 2.45) is 11.8 Å². The Morgan fingerprint density at radius 2 is 1.58 bits per heavy atom. The maximum absolute atomic E-state index is 12.6. The van der Waals surface area contributed by atoms with Gasteiger partial charge >= 0.3 is 6.18 Å². The highest BCUT2D eigenvalue weighted by Gasteiger charge is 2.30. The summed E-state index contributed by atoms with van der Waals surface area (Å²) in [4.78, 5) is 0. The number of hydrogen-bond donors (Lipinski definition) is 0. The maximum atomic E-state index is 12.6. The number of halogens is 3. The van der Waals surface area contributed by atoms with Crippen LogP contribution in [0.2, 0.25) is 0 Å². The molecule has 0 heterocycles. The van der Waals surface area contributed by atoms with Crippen LogP contribution < -0.4 is 0 Å². The fourth-order valence-corrected chi connectivity index (χ4v) is 3.65. The molecule has 1 aliphatic carbocycles. The third kappa shape index (κ3) is 7.07. The molecule has 0 saturated heterocycles. The molecule has 0 spiro atoms. The molecule has 0 amide bonds. The predicted octanol–water partition coefficient (Wildman–Crippen LogP) is 6.86. The van der Waals surface area contributed by atoms with Crippen LogP contribution in [-0.4, -0.2) is 0 Å². The second-order valence-corrected chi connectivity index (χ2v) is 7.11. The highest BCUT2D eigenvalue weighted by molar-refractivity contribution is 5.24. The van der Waals surface area contributed by atoms with Gasteiger partial charge in [0, 0.05) is 6.08 Å². The lowest BCUT2D eigenvalue weighted by Crippen LogP contribution is -2.15.